The normalized spacial score (nSPS) is 14.0. The van der Waals surface area contributed by atoms with E-state index in [9.17, 15) is 0 Å². The van der Waals surface area contributed by atoms with Gasteiger partial charge in [0.05, 0.1) is 0 Å². The number of fused-ring (bicyclic) bond motifs is 1. The minimum absolute atomic E-state index is 0.0655. The van der Waals surface area contributed by atoms with Crippen LogP contribution in [0.5, 0.6) is 0 Å². The standard InChI is InChI=1S/C23H26N4/c1-23(2,3)19-10-6-7-11-20(19)25-21-12-14-24-22(26-21)27-15-13-17-8-4-5-9-18(17)16-27/h4-12,14H,13,15-16H2,1-3H3,(H,24,25,26). The van der Waals surface area contributed by atoms with Gasteiger partial charge in [-0.15, -0.1) is 0 Å². The van der Waals surface area contributed by atoms with E-state index in [4.69, 9.17) is 4.98 Å². The molecule has 0 amide bonds. The summed E-state index contributed by atoms with van der Waals surface area (Å²) in [6.45, 7) is 8.48. The van der Waals surface area contributed by atoms with E-state index in [0.717, 1.165) is 37.0 Å². The molecule has 27 heavy (non-hydrogen) atoms. The van der Waals surface area contributed by atoms with E-state index in [0.29, 0.717) is 0 Å². The maximum Gasteiger partial charge on any atom is 0.227 e. The van der Waals surface area contributed by atoms with Gasteiger partial charge in [-0.3, -0.25) is 0 Å². The first kappa shape index (κ1) is 17.5. The fourth-order valence-electron chi connectivity index (χ4n) is 3.62. The van der Waals surface area contributed by atoms with Crippen molar-refractivity contribution in [2.45, 2.75) is 39.2 Å². The number of nitrogens with one attached hydrogen (secondary N) is 1. The number of anilines is 3. The highest BCUT2D eigenvalue weighted by atomic mass is 15.3. The van der Waals surface area contributed by atoms with Crippen LogP contribution >= 0.6 is 0 Å². The van der Waals surface area contributed by atoms with Crippen LogP contribution in [0.2, 0.25) is 0 Å². The molecule has 1 aliphatic rings. The summed E-state index contributed by atoms with van der Waals surface area (Å²) in [5.74, 6) is 1.61. The molecular weight excluding hydrogens is 332 g/mol. The van der Waals surface area contributed by atoms with E-state index in [1.54, 1.807) is 0 Å². The highest BCUT2D eigenvalue weighted by molar-refractivity contribution is 5.63. The first-order valence-corrected chi connectivity index (χ1v) is 9.52. The van der Waals surface area contributed by atoms with Crippen molar-refractivity contribution < 1.29 is 0 Å². The number of hydrogen-bond acceptors (Lipinski definition) is 4. The van der Waals surface area contributed by atoms with E-state index >= 15 is 0 Å². The molecule has 2 aromatic carbocycles. The summed E-state index contributed by atoms with van der Waals surface area (Å²) in [7, 11) is 0. The average Bonchev–Trinajstić information content (AvgIpc) is 2.67. The van der Waals surface area contributed by atoms with Crippen molar-refractivity contribution in [1.29, 1.82) is 0 Å². The van der Waals surface area contributed by atoms with Gasteiger partial charge in [0, 0.05) is 25.0 Å². The third kappa shape index (κ3) is 3.80. The number of rotatable bonds is 3. The zero-order valence-corrected chi connectivity index (χ0v) is 16.2. The van der Waals surface area contributed by atoms with E-state index in [1.165, 1.54) is 16.7 Å². The van der Waals surface area contributed by atoms with Gasteiger partial charge in [0.25, 0.3) is 0 Å². The molecule has 2 heterocycles. The van der Waals surface area contributed by atoms with Crippen molar-refractivity contribution in [3.63, 3.8) is 0 Å². The molecule has 4 nitrogen and oxygen atoms in total. The van der Waals surface area contributed by atoms with Crippen molar-refractivity contribution in [1.82, 2.24) is 9.97 Å². The zero-order valence-electron chi connectivity index (χ0n) is 16.2. The second-order valence-corrected chi connectivity index (χ2v) is 8.10. The van der Waals surface area contributed by atoms with Gasteiger partial charge >= 0.3 is 0 Å². The second-order valence-electron chi connectivity index (χ2n) is 8.10. The van der Waals surface area contributed by atoms with Crippen LogP contribution in [0.1, 0.15) is 37.5 Å². The summed E-state index contributed by atoms with van der Waals surface area (Å²) in [5, 5.41) is 3.50. The number of benzene rings is 2. The van der Waals surface area contributed by atoms with Crippen molar-refractivity contribution in [2.75, 3.05) is 16.8 Å². The molecule has 138 valence electrons. The van der Waals surface area contributed by atoms with Crippen LogP contribution in [0.4, 0.5) is 17.5 Å². The summed E-state index contributed by atoms with van der Waals surface area (Å²) in [6.07, 6.45) is 2.87. The summed E-state index contributed by atoms with van der Waals surface area (Å²) in [4.78, 5) is 11.6. The van der Waals surface area contributed by atoms with Crippen LogP contribution in [0.3, 0.4) is 0 Å². The minimum Gasteiger partial charge on any atom is -0.340 e. The zero-order chi connectivity index (χ0) is 18.9. The summed E-state index contributed by atoms with van der Waals surface area (Å²) < 4.78 is 0. The molecule has 1 aliphatic heterocycles. The molecule has 4 rings (SSSR count). The number of hydrogen-bond donors (Lipinski definition) is 1. The number of nitrogens with zero attached hydrogens (tertiary/aromatic N) is 3. The summed E-state index contributed by atoms with van der Waals surface area (Å²) in [6, 6.07) is 19.0. The molecule has 1 N–H and O–H groups in total. The summed E-state index contributed by atoms with van der Waals surface area (Å²) >= 11 is 0. The van der Waals surface area contributed by atoms with Crippen molar-refractivity contribution in [3.05, 3.63) is 77.5 Å². The molecule has 0 radical (unpaired) electrons. The lowest BCUT2D eigenvalue weighted by Gasteiger charge is -2.29. The third-order valence-electron chi connectivity index (χ3n) is 5.05. The topological polar surface area (TPSA) is 41.1 Å². The SMILES string of the molecule is CC(C)(C)c1ccccc1Nc1ccnc(N2CCc3ccccc3C2)n1. The molecule has 0 unspecified atom stereocenters. The van der Waals surface area contributed by atoms with E-state index in [1.807, 2.05) is 12.3 Å². The quantitative estimate of drug-likeness (QED) is 0.709. The Bertz CT molecular complexity index is 943. The van der Waals surface area contributed by atoms with Gasteiger partial charge in [-0.2, -0.15) is 4.98 Å². The lowest BCUT2D eigenvalue weighted by Crippen LogP contribution is -2.31. The highest BCUT2D eigenvalue weighted by Gasteiger charge is 2.20. The molecule has 0 spiro atoms. The van der Waals surface area contributed by atoms with Crippen molar-refractivity contribution in [2.24, 2.45) is 0 Å². The lowest BCUT2D eigenvalue weighted by atomic mass is 9.86. The molecule has 0 aliphatic carbocycles. The Labute approximate surface area is 161 Å². The Hall–Kier alpha value is -2.88. The Morgan fingerprint density at radius 3 is 2.48 bits per heavy atom. The Balaban J connectivity index is 1.58. The molecule has 0 atom stereocenters. The van der Waals surface area contributed by atoms with Crippen LogP contribution < -0.4 is 10.2 Å². The van der Waals surface area contributed by atoms with Gasteiger partial charge < -0.3 is 10.2 Å². The van der Waals surface area contributed by atoms with Gasteiger partial charge in [-0.1, -0.05) is 63.2 Å². The van der Waals surface area contributed by atoms with Gasteiger partial charge in [-0.25, -0.2) is 4.98 Å². The van der Waals surface area contributed by atoms with Crippen molar-refractivity contribution in [3.8, 4) is 0 Å². The first-order chi connectivity index (χ1) is 13.0. The van der Waals surface area contributed by atoms with Crippen LogP contribution in [0.25, 0.3) is 0 Å². The second kappa shape index (κ2) is 7.03. The molecule has 1 aromatic heterocycles. The van der Waals surface area contributed by atoms with Crippen LogP contribution in [0.15, 0.2) is 60.8 Å². The van der Waals surface area contributed by atoms with Crippen LogP contribution in [-0.2, 0) is 18.4 Å². The van der Waals surface area contributed by atoms with E-state index < -0.39 is 0 Å². The molecule has 0 fully saturated rings. The van der Waals surface area contributed by atoms with Crippen molar-refractivity contribution >= 4 is 17.5 Å². The van der Waals surface area contributed by atoms with Gasteiger partial charge in [0.15, 0.2) is 0 Å². The first-order valence-electron chi connectivity index (χ1n) is 9.52. The third-order valence-corrected chi connectivity index (χ3v) is 5.05. The molecule has 3 aromatic rings. The van der Waals surface area contributed by atoms with E-state index in [2.05, 4.69) is 84.5 Å². The monoisotopic (exact) mass is 358 g/mol. The fourth-order valence-corrected chi connectivity index (χ4v) is 3.62. The largest absolute Gasteiger partial charge is 0.340 e. The maximum absolute atomic E-state index is 4.79. The maximum atomic E-state index is 4.79. The Kier molecular flexibility index (Phi) is 4.56. The predicted molar refractivity (Wildman–Crippen MR) is 112 cm³/mol. The highest BCUT2D eigenvalue weighted by Crippen LogP contribution is 2.31. The summed E-state index contributed by atoms with van der Waals surface area (Å²) in [5.41, 5.74) is 5.23. The lowest BCUT2D eigenvalue weighted by molar-refractivity contribution is 0.592. The molecule has 4 heteroatoms. The molecular formula is C23H26N4. The van der Waals surface area contributed by atoms with E-state index in [-0.39, 0.29) is 5.41 Å². The number of para-hydroxylation sites is 1. The van der Waals surface area contributed by atoms with Gasteiger partial charge in [0.2, 0.25) is 5.95 Å². The number of aromatic nitrogens is 2. The van der Waals surface area contributed by atoms with Crippen LogP contribution in [0, 0.1) is 0 Å². The molecule has 0 saturated carbocycles. The van der Waals surface area contributed by atoms with Gasteiger partial charge in [-0.05, 0) is 40.7 Å². The van der Waals surface area contributed by atoms with Crippen LogP contribution in [-0.4, -0.2) is 16.5 Å². The fraction of sp³-hybridized carbons (Fsp3) is 0.304. The Morgan fingerprint density at radius 1 is 0.926 bits per heavy atom. The smallest absolute Gasteiger partial charge is 0.227 e. The minimum atomic E-state index is 0.0655. The Morgan fingerprint density at radius 2 is 1.67 bits per heavy atom. The average molecular weight is 358 g/mol. The van der Waals surface area contributed by atoms with Gasteiger partial charge in [0.1, 0.15) is 5.82 Å². The molecule has 0 saturated heterocycles. The molecule has 0 bridgehead atoms. The predicted octanol–water partition coefficient (Wildman–Crippen LogP) is 5.08.